The fourth-order valence-corrected chi connectivity index (χ4v) is 3.45. The molecule has 1 unspecified atom stereocenters. The number of ether oxygens (including phenoxy) is 1. The van der Waals surface area contributed by atoms with E-state index in [4.69, 9.17) is 16.0 Å². The number of fused-ring (bicyclic) bond motifs is 1. The monoisotopic (exact) mass is 317 g/mol. The number of aliphatic hydroxyl groups excluding tert-OH is 1. The summed E-state index contributed by atoms with van der Waals surface area (Å²) in [6.07, 6.45) is -0.697. The van der Waals surface area contributed by atoms with Gasteiger partial charge in [0.2, 0.25) is 0 Å². The molecular formula is C12H11N7O2S. The van der Waals surface area contributed by atoms with E-state index in [1.807, 2.05) is 6.07 Å². The number of thiophene rings is 1. The minimum absolute atomic E-state index is 0.336. The summed E-state index contributed by atoms with van der Waals surface area (Å²) in [5.41, 5.74) is 14.2. The number of nitriles is 1. The van der Waals surface area contributed by atoms with Crippen molar-refractivity contribution in [2.24, 2.45) is 5.11 Å². The third-order valence-electron chi connectivity index (χ3n) is 3.69. The molecule has 22 heavy (non-hydrogen) atoms. The average Bonchev–Trinajstić information content (AvgIpc) is 3.04. The maximum Gasteiger partial charge on any atom is 0.178 e. The Hall–Kier alpha value is -2.44. The van der Waals surface area contributed by atoms with Crippen LogP contribution >= 0.6 is 11.3 Å². The lowest BCUT2D eigenvalue weighted by molar-refractivity contribution is -0.0298. The van der Waals surface area contributed by atoms with Crippen molar-refractivity contribution in [1.29, 1.82) is 5.26 Å². The number of aliphatic hydroxyl groups is 1. The van der Waals surface area contributed by atoms with Crippen LogP contribution in [0.25, 0.3) is 20.7 Å². The first-order chi connectivity index (χ1) is 10.5. The fraction of sp³-hybridized carbons (Fsp3) is 0.417. The SMILES string of the molecule is C[C@@]1(C#N)O[C@@H](c2csc3c(N)ncnc23)C(N=[N+]=[N-])[C@@H]1O. The predicted molar refractivity (Wildman–Crippen MR) is 78.6 cm³/mol. The average molecular weight is 317 g/mol. The van der Waals surface area contributed by atoms with Gasteiger partial charge in [-0.1, -0.05) is 5.11 Å². The number of azide groups is 1. The third kappa shape index (κ3) is 1.96. The Morgan fingerprint density at radius 3 is 3.09 bits per heavy atom. The molecule has 0 aromatic carbocycles. The van der Waals surface area contributed by atoms with Crippen molar-refractivity contribution in [3.63, 3.8) is 0 Å². The van der Waals surface area contributed by atoms with Gasteiger partial charge in [-0.3, -0.25) is 0 Å². The van der Waals surface area contributed by atoms with Crippen LogP contribution in [0.5, 0.6) is 0 Å². The van der Waals surface area contributed by atoms with Gasteiger partial charge in [0.05, 0.1) is 22.4 Å². The minimum Gasteiger partial charge on any atom is -0.388 e. The molecule has 1 aliphatic heterocycles. The van der Waals surface area contributed by atoms with Crippen molar-refractivity contribution in [1.82, 2.24) is 9.97 Å². The summed E-state index contributed by atoms with van der Waals surface area (Å²) in [6.45, 7) is 1.45. The number of hydrogen-bond acceptors (Lipinski definition) is 8. The van der Waals surface area contributed by atoms with Crippen LogP contribution in [0.1, 0.15) is 18.6 Å². The second-order valence-corrected chi connectivity index (χ2v) is 5.90. The zero-order valence-corrected chi connectivity index (χ0v) is 12.2. The van der Waals surface area contributed by atoms with Crippen LogP contribution in [0, 0.1) is 11.3 Å². The highest BCUT2D eigenvalue weighted by Gasteiger charge is 2.53. The summed E-state index contributed by atoms with van der Waals surface area (Å²) in [7, 11) is 0. The Balaban J connectivity index is 2.15. The summed E-state index contributed by atoms with van der Waals surface area (Å²) >= 11 is 1.33. The molecule has 2 aromatic heterocycles. The molecule has 0 amide bonds. The Labute approximate surface area is 128 Å². The van der Waals surface area contributed by atoms with Crippen LogP contribution in [0.3, 0.4) is 0 Å². The molecule has 0 aliphatic carbocycles. The van der Waals surface area contributed by atoms with Gasteiger partial charge in [0.15, 0.2) is 5.60 Å². The normalized spacial score (nSPS) is 30.9. The Bertz CT molecular complexity index is 824. The molecule has 9 nitrogen and oxygen atoms in total. The third-order valence-corrected chi connectivity index (χ3v) is 4.70. The molecule has 0 spiro atoms. The highest BCUT2D eigenvalue weighted by molar-refractivity contribution is 7.17. The van der Waals surface area contributed by atoms with Crippen molar-refractivity contribution in [3.8, 4) is 6.07 Å². The van der Waals surface area contributed by atoms with E-state index in [0.717, 1.165) is 0 Å². The van der Waals surface area contributed by atoms with Crippen LogP contribution in [0.4, 0.5) is 5.82 Å². The molecule has 3 N–H and O–H groups in total. The van der Waals surface area contributed by atoms with Gasteiger partial charge in [0.1, 0.15) is 24.3 Å². The lowest BCUT2D eigenvalue weighted by atomic mass is 9.95. The first-order valence-electron chi connectivity index (χ1n) is 6.30. The second-order valence-electron chi connectivity index (χ2n) is 5.03. The van der Waals surface area contributed by atoms with Gasteiger partial charge in [-0.15, -0.1) is 11.3 Å². The van der Waals surface area contributed by atoms with Crippen LogP contribution in [-0.2, 0) is 4.74 Å². The molecule has 0 radical (unpaired) electrons. The zero-order chi connectivity index (χ0) is 15.9. The largest absolute Gasteiger partial charge is 0.388 e. The van der Waals surface area contributed by atoms with Gasteiger partial charge >= 0.3 is 0 Å². The molecule has 0 saturated carbocycles. The highest BCUT2D eigenvalue weighted by Crippen LogP contribution is 2.45. The Kier molecular flexibility index (Phi) is 3.35. The number of rotatable bonds is 2. The Morgan fingerprint density at radius 2 is 2.41 bits per heavy atom. The van der Waals surface area contributed by atoms with Gasteiger partial charge in [-0.2, -0.15) is 5.26 Å². The number of aromatic nitrogens is 2. The fourth-order valence-electron chi connectivity index (χ4n) is 2.51. The topological polar surface area (TPSA) is 154 Å². The molecular weight excluding hydrogens is 306 g/mol. The molecule has 0 bridgehead atoms. The van der Waals surface area contributed by atoms with E-state index in [9.17, 15) is 10.4 Å². The molecule has 1 aliphatic rings. The van der Waals surface area contributed by atoms with Crippen molar-refractivity contribution in [2.75, 3.05) is 5.73 Å². The van der Waals surface area contributed by atoms with Gasteiger partial charge in [-0.25, -0.2) is 9.97 Å². The van der Waals surface area contributed by atoms with Crippen LogP contribution in [-0.4, -0.2) is 32.8 Å². The summed E-state index contributed by atoms with van der Waals surface area (Å²) in [5.74, 6) is 0.336. The number of nitrogen functional groups attached to an aromatic ring is 1. The van der Waals surface area contributed by atoms with E-state index >= 15 is 0 Å². The smallest absolute Gasteiger partial charge is 0.178 e. The van der Waals surface area contributed by atoms with E-state index in [1.54, 1.807) is 5.38 Å². The number of anilines is 1. The highest BCUT2D eigenvalue weighted by atomic mass is 32.1. The molecule has 4 atom stereocenters. The number of nitrogens with two attached hydrogens (primary N) is 1. The second kappa shape index (κ2) is 5.08. The van der Waals surface area contributed by atoms with Crippen LogP contribution < -0.4 is 5.73 Å². The van der Waals surface area contributed by atoms with E-state index in [-0.39, 0.29) is 0 Å². The molecule has 2 aromatic rings. The summed E-state index contributed by atoms with van der Waals surface area (Å²) in [6, 6.07) is 0.993. The number of hydrogen-bond donors (Lipinski definition) is 2. The molecule has 10 heteroatoms. The predicted octanol–water partition coefficient (Wildman–Crippen LogP) is 1.67. The van der Waals surface area contributed by atoms with Crippen molar-refractivity contribution < 1.29 is 9.84 Å². The molecule has 3 rings (SSSR count). The molecule has 3 heterocycles. The van der Waals surface area contributed by atoms with Crippen LogP contribution in [0.15, 0.2) is 16.8 Å². The van der Waals surface area contributed by atoms with E-state index in [1.165, 1.54) is 24.6 Å². The summed E-state index contributed by atoms with van der Waals surface area (Å²) < 4.78 is 6.38. The molecule has 1 fully saturated rings. The lowest BCUT2D eigenvalue weighted by Crippen LogP contribution is -2.38. The Morgan fingerprint density at radius 1 is 1.64 bits per heavy atom. The maximum atomic E-state index is 10.3. The quantitative estimate of drug-likeness (QED) is 0.487. The first kappa shape index (κ1) is 14.5. The van der Waals surface area contributed by atoms with Crippen LogP contribution in [0.2, 0.25) is 0 Å². The summed E-state index contributed by atoms with van der Waals surface area (Å²) in [4.78, 5) is 10.8. The maximum absolute atomic E-state index is 10.3. The van der Waals surface area contributed by atoms with E-state index in [0.29, 0.717) is 21.6 Å². The molecule has 112 valence electrons. The van der Waals surface area contributed by atoms with Gasteiger partial charge in [-0.05, 0) is 17.8 Å². The lowest BCUT2D eigenvalue weighted by Gasteiger charge is -2.18. The first-order valence-corrected chi connectivity index (χ1v) is 7.18. The van der Waals surface area contributed by atoms with Gasteiger partial charge in [0, 0.05) is 10.5 Å². The van der Waals surface area contributed by atoms with Crippen molar-refractivity contribution >= 4 is 27.4 Å². The van der Waals surface area contributed by atoms with Crippen molar-refractivity contribution in [3.05, 3.63) is 27.7 Å². The molecule has 1 saturated heterocycles. The van der Waals surface area contributed by atoms with Gasteiger partial charge < -0.3 is 15.6 Å². The van der Waals surface area contributed by atoms with Gasteiger partial charge in [0.25, 0.3) is 0 Å². The van der Waals surface area contributed by atoms with Crippen molar-refractivity contribution in [2.45, 2.75) is 30.8 Å². The summed E-state index contributed by atoms with van der Waals surface area (Å²) in [5, 5.41) is 24.9. The standard InChI is InChI=1S/C12H11N7O2S/c1-12(3-13)10(20)7(18-19-15)8(21-12)5-2-22-9-6(5)16-4-17-11(9)14/h2,4,7-8,10,20H,1H3,(H2,14,16,17)/t7?,8-,10-,12-/m0/s1. The number of nitrogens with zero attached hydrogens (tertiary/aromatic N) is 6. The van der Waals surface area contributed by atoms with E-state index in [2.05, 4.69) is 20.0 Å². The van der Waals surface area contributed by atoms with E-state index < -0.39 is 23.9 Å². The zero-order valence-electron chi connectivity index (χ0n) is 11.4. The minimum atomic E-state index is -1.46.